The molecule has 120 valence electrons. The van der Waals surface area contributed by atoms with Gasteiger partial charge in [-0.1, -0.05) is 18.2 Å². The van der Waals surface area contributed by atoms with Gasteiger partial charge in [0.1, 0.15) is 0 Å². The minimum atomic E-state index is -3.14. The Morgan fingerprint density at radius 3 is 2.23 bits per heavy atom. The lowest BCUT2D eigenvalue weighted by Gasteiger charge is -2.38. The summed E-state index contributed by atoms with van der Waals surface area (Å²) in [5, 5.41) is 9.93. The predicted octanol–water partition coefficient (Wildman–Crippen LogP) is -0.398. The number of rotatable bonds is 2. The first-order valence-electron chi connectivity index (χ1n) is 7.43. The molecule has 0 spiro atoms. The number of sulfone groups is 1. The van der Waals surface area contributed by atoms with Gasteiger partial charge in [0.05, 0.1) is 23.7 Å². The van der Waals surface area contributed by atoms with E-state index in [9.17, 15) is 18.3 Å². The molecule has 2 saturated heterocycles. The summed E-state index contributed by atoms with van der Waals surface area (Å²) in [5.41, 5.74) is 0.666. The van der Waals surface area contributed by atoms with Crippen LogP contribution in [0.5, 0.6) is 0 Å². The second-order valence-electron chi connectivity index (χ2n) is 5.91. The van der Waals surface area contributed by atoms with Crippen LogP contribution in [-0.4, -0.2) is 79.1 Å². The van der Waals surface area contributed by atoms with Crippen LogP contribution in [0.25, 0.3) is 0 Å². The zero-order valence-electron chi connectivity index (χ0n) is 12.3. The fourth-order valence-corrected chi connectivity index (χ4v) is 5.01. The molecule has 1 aromatic rings. The van der Waals surface area contributed by atoms with Crippen molar-refractivity contribution in [3.05, 3.63) is 35.9 Å². The fourth-order valence-electron chi connectivity index (χ4n) is 3.18. The first-order chi connectivity index (χ1) is 10.5. The van der Waals surface area contributed by atoms with Crippen molar-refractivity contribution in [1.29, 1.82) is 0 Å². The zero-order chi connectivity index (χ0) is 15.7. The number of hydrogen-bond acceptors (Lipinski definition) is 5. The van der Waals surface area contributed by atoms with Gasteiger partial charge < -0.3 is 10.0 Å². The molecule has 7 heteroatoms. The van der Waals surface area contributed by atoms with Crippen molar-refractivity contribution in [1.82, 2.24) is 9.80 Å². The molecule has 0 saturated carbocycles. The average Bonchev–Trinajstić information content (AvgIpc) is 2.80. The maximum absolute atomic E-state index is 12.4. The van der Waals surface area contributed by atoms with Crippen molar-refractivity contribution in [2.24, 2.45) is 0 Å². The largest absolute Gasteiger partial charge is 0.390 e. The van der Waals surface area contributed by atoms with E-state index >= 15 is 0 Å². The Balaban J connectivity index is 1.60. The Bertz CT molecular complexity index is 639. The zero-order valence-corrected chi connectivity index (χ0v) is 13.1. The first kappa shape index (κ1) is 15.5. The van der Waals surface area contributed by atoms with E-state index in [-0.39, 0.29) is 23.5 Å². The quantitative estimate of drug-likeness (QED) is 0.801. The maximum atomic E-state index is 12.4. The molecule has 1 amide bonds. The van der Waals surface area contributed by atoms with Crippen LogP contribution in [0.15, 0.2) is 30.3 Å². The number of amides is 1. The van der Waals surface area contributed by atoms with Crippen LogP contribution < -0.4 is 0 Å². The fraction of sp³-hybridized carbons (Fsp3) is 0.533. The predicted molar refractivity (Wildman–Crippen MR) is 82.4 cm³/mol. The van der Waals surface area contributed by atoms with Crippen molar-refractivity contribution >= 4 is 15.7 Å². The minimum Gasteiger partial charge on any atom is -0.390 e. The lowest BCUT2D eigenvalue weighted by atomic mass is 10.1. The van der Waals surface area contributed by atoms with Crippen LogP contribution >= 0.6 is 0 Å². The van der Waals surface area contributed by atoms with Gasteiger partial charge in [-0.2, -0.15) is 0 Å². The third-order valence-electron chi connectivity index (χ3n) is 4.38. The second-order valence-corrected chi connectivity index (χ2v) is 8.06. The van der Waals surface area contributed by atoms with Gasteiger partial charge in [-0.15, -0.1) is 0 Å². The lowest BCUT2D eigenvalue weighted by Crippen LogP contribution is -2.54. The highest BCUT2D eigenvalue weighted by Gasteiger charge is 2.41. The number of piperazine rings is 1. The Labute approximate surface area is 130 Å². The SMILES string of the molecule is O=C(c1ccccc1)N1CCN([C@@H]2CS(=O)(=O)C[C@@H]2O)CC1. The molecule has 1 N–H and O–H groups in total. The van der Waals surface area contributed by atoms with Crippen molar-refractivity contribution < 1.29 is 18.3 Å². The molecule has 22 heavy (non-hydrogen) atoms. The summed E-state index contributed by atoms with van der Waals surface area (Å²) in [7, 11) is -3.14. The molecule has 0 unspecified atom stereocenters. The van der Waals surface area contributed by atoms with Crippen molar-refractivity contribution in [3.63, 3.8) is 0 Å². The van der Waals surface area contributed by atoms with E-state index in [1.54, 1.807) is 17.0 Å². The van der Waals surface area contributed by atoms with Gasteiger partial charge in [0.15, 0.2) is 9.84 Å². The Morgan fingerprint density at radius 1 is 1.05 bits per heavy atom. The van der Waals surface area contributed by atoms with Gasteiger partial charge in [-0.25, -0.2) is 8.42 Å². The molecule has 2 fully saturated rings. The van der Waals surface area contributed by atoms with Gasteiger partial charge in [0.2, 0.25) is 0 Å². The van der Waals surface area contributed by atoms with Gasteiger partial charge in [-0.05, 0) is 12.1 Å². The summed E-state index contributed by atoms with van der Waals surface area (Å²) < 4.78 is 23.2. The summed E-state index contributed by atoms with van der Waals surface area (Å²) in [6, 6.07) is 8.80. The number of aliphatic hydroxyl groups is 1. The van der Waals surface area contributed by atoms with Crippen molar-refractivity contribution in [2.45, 2.75) is 12.1 Å². The van der Waals surface area contributed by atoms with E-state index in [1.165, 1.54) is 0 Å². The van der Waals surface area contributed by atoms with Crippen LogP contribution in [-0.2, 0) is 9.84 Å². The highest BCUT2D eigenvalue weighted by molar-refractivity contribution is 7.91. The minimum absolute atomic E-state index is 0.000146. The smallest absolute Gasteiger partial charge is 0.253 e. The van der Waals surface area contributed by atoms with Crippen LogP contribution in [0.4, 0.5) is 0 Å². The van der Waals surface area contributed by atoms with E-state index in [1.807, 2.05) is 23.1 Å². The molecule has 2 aliphatic heterocycles. The molecule has 0 bridgehead atoms. The molecule has 2 aliphatic rings. The summed E-state index contributed by atoms with van der Waals surface area (Å²) in [6.07, 6.45) is -0.818. The van der Waals surface area contributed by atoms with E-state index < -0.39 is 15.9 Å². The number of carbonyl (C=O) groups is 1. The van der Waals surface area contributed by atoms with E-state index in [0.29, 0.717) is 31.7 Å². The summed E-state index contributed by atoms with van der Waals surface area (Å²) in [6.45, 7) is 2.29. The standard InChI is InChI=1S/C15H20N2O4S/c18-14-11-22(20,21)10-13(14)16-6-8-17(9-7-16)15(19)12-4-2-1-3-5-12/h1-5,13-14,18H,6-11H2/t13-,14+/m1/s1. The lowest BCUT2D eigenvalue weighted by molar-refractivity contribution is 0.0376. The van der Waals surface area contributed by atoms with Gasteiger partial charge >= 0.3 is 0 Å². The van der Waals surface area contributed by atoms with Gasteiger partial charge in [-0.3, -0.25) is 9.69 Å². The number of carbonyl (C=O) groups excluding carboxylic acids is 1. The summed E-state index contributed by atoms with van der Waals surface area (Å²) in [4.78, 5) is 16.1. The molecule has 2 atom stereocenters. The van der Waals surface area contributed by atoms with Gasteiger partial charge in [0.25, 0.3) is 5.91 Å². The number of nitrogens with zero attached hydrogens (tertiary/aromatic N) is 2. The second kappa shape index (κ2) is 5.98. The summed E-state index contributed by atoms with van der Waals surface area (Å²) >= 11 is 0. The maximum Gasteiger partial charge on any atom is 0.253 e. The van der Waals surface area contributed by atoms with Crippen molar-refractivity contribution in [3.8, 4) is 0 Å². The highest BCUT2D eigenvalue weighted by atomic mass is 32.2. The number of aliphatic hydroxyl groups excluding tert-OH is 1. The van der Waals surface area contributed by atoms with E-state index in [0.717, 1.165) is 0 Å². The van der Waals surface area contributed by atoms with Crippen LogP contribution in [0.1, 0.15) is 10.4 Å². The molecule has 3 rings (SSSR count). The normalized spacial score (nSPS) is 28.7. The number of benzene rings is 1. The molecule has 2 heterocycles. The molecule has 1 aromatic carbocycles. The molecule has 0 aliphatic carbocycles. The van der Waals surface area contributed by atoms with Crippen LogP contribution in [0.2, 0.25) is 0 Å². The molecule has 0 radical (unpaired) electrons. The molecular weight excluding hydrogens is 304 g/mol. The Kier molecular flexibility index (Phi) is 4.20. The monoisotopic (exact) mass is 324 g/mol. The van der Waals surface area contributed by atoms with Crippen LogP contribution in [0.3, 0.4) is 0 Å². The number of hydrogen-bond donors (Lipinski definition) is 1. The molecule has 0 aromatic heterocycles. The molecular formula is C15H20N2O4S. The highest BCUT2D eigenvalue weighted by Crippen LogP contribution is 2.20. The third kappa shape index (κ3) is 3.16. The Hall–Kier alpha value is -1.44. The van der Waals surface area contributed by atoms with Gasteiger partial charge in [0, 0.05) is 31.7 Å². The third-order valence-corrected chi connectivity index (χ3v) is 6.08. The topological polar surface area (TPSA) is 77.9 Å². The van der Waals surface area contributed by atoms with E-state index in [2.05, 4.69) is 0 Å². The Morgan fingerprint density at radius 2 is 1.68 bits per heavy atom. The summed E-state index contributed by atoms with van der Waals surface area (Å²) in [5.74, 6) is -0.137. The van der Waals surface area contributed by atoms with Crippen molar-refractivity contribution in [2.75, 3.05) is 37.7 Å². The molecule has 6 nitrogen and oxygen atoms in total. The first-order valence-corrected chi connectivity index (χ1v) is 9.25. The average molecular weight is 324 g/mol. The van der Waals surface area contributed by atoms with E-state index in [4.69, 9.17) is 0 Å². The van der Waals surface area contributed by atoms with Crippen LogP contribution in [0, 0.1) is 0 Å².